The summed E-state index contributed by atoms with van der Waals surface area (Å²) in [5, 5.41) is 0.372. The first-order valence-electron chi connectivity index (χ1n) is 6.23. The number of anilines is 2. The van der Waals surface area contributed by atoms with Gasteiger partial charge in [0.15, 0.2) is 0 Å². The Kier molecular flexibility index (Phi) is 4.29. The molecule has 0 aliphatic carbocycles. The molecule has 2 rings (SSSR count). The average Bonchev–Trinajstić information content (AvgIpc) is 2.31. The monoisotopic (exact) mass is 308 g/mol. The van der Waals surface area contributed by atoms with Gasteiger partial charge in [-0.3, -0.25) is 4.90 Å². The van der Waals surface area contributed by atoms with Gasteiger partial charge in [-0.2, -0.15) is 13.2 Å². The Morgan fingerprint density at radius 1 is 1.45 bits per heavy atom. The fraction of sp³-hybridized carbons (Fsp3) is 0.583. The molecule has 1 atom stereocenters. The smallest absolute Gasteiger partial charge is 0.397 e. The van der Waals surface area contributed by atoms with Crippen LogP contribution in [0.1, 0.15) is 6.92 Å². The van der Waals surface area contributed by atoms with E-state index in [9.17, 15) is 13.2 Å². The van der Waals surface area contributed by atoms with Crippen LogP contribution in [0, 0.1) is 0 Å². The van der Waals surface area contributed by atoms with Crippen LogP contribution in [-0.2, 0) is 0 Å². The van der Waals surface area contributed by atoms with E-state index in [1.165, 1.54) is 11.1 Å². The highest BCUT2D eigenvalue weighted by Gasteiger charge is 2.34. The lowest BCUT2D eigenvalue weighted by molar-refractivity contribution is -0.147. The van der Waals surface area contributed by atoms with Crippen LogP contribution in [0.4, 0.5) is 24.7 Å². The molecule has 0 amide bonds. The van der Waals surface area contributed by atoms with Crippen molar-refractivity contribution in [2.45, 2.75) is 19.1 Å². The highest BCUT2D eigenvalue weighted by molar-refractivity contribution is 6.32. The fourth-order valence-electron chi connectivity index (χ4n) is 2.37. The molecule has 1 fully saturated rings. The van der Waals surface area contributed by atoms with E-state index in [0.717, 1.165) is 0 Å². The molecule has 1 aromatic rings. The van der Waals surface area contributed by atoms with E-state index in [-0.39, 0.29) is 6.04 Å². The summed E-state index contributed by atoms with van der Waals surface area (Å²) in [4.78, 5) is 7.53. The molecule has 2 N–H and O–H groups in total. The third-order valence-electron chi connectivity index (χ3n) is 3.28. The van der Waals surface area contributed by atoms with Gasteiger partial charge in [0.2, 0.25) is 0 Å². The van der Waals surface area contributed by atoms with E-state index >= 15 is 0 Å². The number of nitrogens with zero attached hydrogens (tertiary/aromatic N) is 3. The number of nitrogen functional groups attached to an aromatic ring is 1. The second-order valence-electron chi connectivity index (χ2n) is 4.96. The van der Waals surface area contributed by atoms with Gasteiger partial charge in [0.05, 0.1) is 17.3 Å². The van der Waals surface area contributed by atoms with Crippen LogP contribution in [0.3, 0.4) is 0 Å². The minimum atomic E-state index is -4.16. The van der Waals surface area contributed by atoms with Gasteiger partial charge in [-0.1, -0.05) is 11.6 Å². The van der Waals surface area contributed by atoms with Gasteiger partial charge in [-0.05, 0) is 6.92 Å². The van der Waals surface area contributed by atoms with Crippen LogP contribution in [-0.4, -0.2) is 48.3 Å². The SMILES string of the molecule is C[C@H]1CN(CC(F)(F)F)CCN1c1cc(N)c(Cl)cn1. The van der Waals surface area contributed by atoms with Gasteiger partial charge >= 0.3 is 6.18 Å². The van der Waals surface area contributed by atoms with E-state index in [1.54, 1.807) is 6.07 Å². The van der Waals surface area contributed by atoms with Gasteiger partial charge in [-0.15, -0.1) is 0 Å². The summed E-state index contributed by atoms with van der Waals surface area (Å²) < 4.78 is 37.2. The van der Waals surface area contributed by atoms with E-state index < -0.39 is 12.7 Å². The maximum absolute atomic E-state index is 12.4. The van der Waals surface area contributed by atoms with Crippen LogP contribution in [0.2, 0.25) is 5.02 Å². The Bertz CT molecular complexity index is 480. The average molecular weight is 309 g/mol. The topological polar surface area (TPSA) is 45.4 Å². The van der Waals surface area contributed by atoms with Crippen molar-refractivity contribution in [1.82, 2.24) is 9.88 Å². The summed E-state index contributed by atoms with van der Waals surface area (Å²) in [7, 11) is 0. The Morgan fingerprint density at radius 3 is 2.70 bits per heavy atom. The van der Waals surface area contributed by atoms with Gasteiger partial charge in [0.25, 0.3) is 0 Å². The number of nitrogens with two attached hydrogens (primary N) is 1. The van der Waals surface area contributed by atoms with Gasteiger partial charge in [0.1, 0.15) is 5.82 Å². The molecule has 0 bridgehead atoms. The summed E-state index contributed by atoms with van der Waals surface area (Å²) in [6, 6.07) is 1.58. The van der Waals surface area contributed by atoms with Crippen LogP contribution >= 0.6 is 11.6 Å². The number of piperazine rings is 1. The molecular weight excluding hydrogens is 293 g/mol. The number of rotatable bonds is 2. The third-order valence-corrected chi connectivity index (χ3v) is 3.60. The number of alkyl halides is 3. The quantitative estimate of drug-likeness (QED) is 0.911. The maximum Gasteiger partial charge on any atom is 0.401 e. The van der Waals surface area contributed by atoms with Gasteiger partial charge in [-0.25, -0.2) is 4.98 Å². The van der Waals surface area contributed by atoms with Gasteiger partial charge < -0.3 is 10.6 Å². The second-order valence-corrected chi connectivity index (χ2v) is 5.36. The van der Waals surface area contributed by atoms with E-state index in [2.05, 4.69) is 4.98 Å². The zero-order valence-electron chi connectivity index (χ0n) is 11.0. The lowest BCUT2D eigenvalue weighted by atomic mass is 10.2. The molecule has 2 heterocycles. The maximum atomic E-state index is 12.4. The van der Waals surface area contributed by atoms with Crippen molar-refractivity contribution in [2.24, 2.45) is 0 Å². The Morgan fingerprint density at radius 2 is 2.15 bits per heavy atom. The molecule has 4 nitrogen and oxygen atoms in total. The van der Waals surface area contributed by atoms with Crippen LogP contribution < -0.4 is 10.6 Å². The third kappa shape index (κ3) is 3.67. The van der Waals surface area contributed by atoms with Crippen molar-refractivity contribution in [3.8, 4) is 0 Å². The summed E-state index contributed by atoms with van der Waals surface area (Å²) in [5.41, 5.74) is 6.14. The first kappa shape index (κ1) is 15.2. The molecule has 1 aromatic heterocycles. The Labute approximate surface area is 120 Å². The number of aromatic nitrogens is 1. The van der Waals surface area contributed by atoms with E-state index in [4.69, 9.17) is 17.3 Å². The predicted molar refractivity (Wildman–Crippen MR) is 73.0 cm³/mol. The standard InChI is InChI=1S/C12H16ClF3N4/c1-8-6-19(7-12(14,15)16)2-3-20(8)11-4-10(17)9(13)5-18-11/h4-5,8H,2-3,6-7H2,1H3,(H2,17,18)/t8-/m0/s1. The fourth-order valence-corrected chi connectivity index (χ4v) is 2.47. The molecule has 0 radical (unpaired) electrons. The first-order valence-corrected chi connectivity index (χ1v) is 6.61. The van der Waals surface area contributed by atoms with Crippen LogP contribution in [0.15, 0.2) is 12.3 Å². The lowest BCUT2D eigenvalue weighted by Crippen LogP contribution is -2.54. The van der Waals surface area contributed by atoms with Crippen molar-refractivity contribution in [3.05, 3.63) is 17.3 Å². The van der Waals surface area contributed by atoms with Crippen molar-refractivity contribution in [1.29, 1.82) is 0 Å². The highest BCUT2D eigenvalue weighted by Crippen LogP contribution is 2.26. The molecule has 0 unspecified atom stereocenters. The van der Waals surface area contributed by atoms with Crippen molar-refractivity contribution >= 4 is 23.1 Å². The minimum Gasteiger partial charge on any atom is -0.397 e. The molecule has 20 heavy (non-hydrogen) atoms. The highest BCUT2D eigenvalue weighted by atomic mass is 35.5. The normalized spacial score (nSPS) is 21.2. The zero-order valence-corrected chi connectivity index (χ0v) is 11.7. The summed E-state index contributed by atoms with van der Waals surface area (Å²) in [6.07, 6.45) is -2.70. The van der Waals surface area contributed by atoms with Gasteiger partial charge in [0, 0.05) is 37.9 Å². The molecule has 112 valence electrons. The molecule has 0 saturated carbocycles. The molecule has 8 heteroatoms. The Balaban J connectivity index is 2.04. The molecule has 0 aromatic carbocycles. The van der Waals surface area contributed by atoms with Crippen LogP contribution in [0.25, 0.3) is 0 Å². The molecule has 0 spiro atoms. The molecule has 1 aliphatic rings. The number of pyridine rings is 1. The predicted octanol–water partition coefficient (Wildman–Crippen LogP) is 2.39. The summed E-state index contributed by atoms with van der Waals surface area (Å²) in [6.45, 7) is 2.15. The summed E-state index contributed by atoms with van der Waals surface area (Å²) >= 11 is 5.81. The van der Waals surface area contributed by atoms with Crippen molar-refractivity contribution in [3.63, 3.8) is 0 Å². The Hall–Kier alpha value is -1.21. The largest absolute Gasteiger partial charge is 0.401 e. The van der Waals surface area contributed by atoms with E-state index in [1.807, 2.05) is 11.8 Å². The zero-order chi connectivity index (χ0) is 14.9. The van der Waals surface area contributed by atoms with Crippen LogP contribution in [0.5, 0.6) is 0 Å². The number of halogens is 4. The minimum absolute atomic E-state index is 0.0702. The number of hydrogen-bond acceptors (Lipinski definition) is 4. The summed E-state index contributed by atoms with van der Waals surface area (Å²) in [5.74, 6) is 0.644. The van der Waals surface area contributed by atoms with Crippen molar-refractivity contribution in [2.75, 3.05) is 36.8 Å². The second kappa shape index (κ2) is 5.65. The van der Waals surface area contributed by atoms with Crippen molar-refractivity contribution < 1.29 is 13.2 Å². The lowest BCUT2D eigenvalue weighted by Gasteiger charge is -2.40. The first-order chi connectivity index (χ1) is 9.26. The molecule has 1 saturated heterocycles. The molecular formula is C12H16ClF3N4. The number of hydrogen-bond donors (Lipinski definition) is 1. The molecule has 1 aliphatic heterocycles. The van der Waals surface area contributed by atoms with E-state index in [0.29, 0.717) is 36.2 Å².